The maximum absolute atomic E-state index is 11.8. The third kappa shape index (κ3) is 4.29. The van der Waals surface area contributed by atoms with E-state index in [0.717, 1.165) is 0 Å². The predicted molar refractivity (Wildman–Crippen MR) is 63.3 cm³/mol. The predicted octanol–water partition coefficient (Wildman–Crippen LogP) is 0.0782. The average molecular weight is 260 g/mol. The summed E-state index contributed by atoms with van der Waals surface area (Å²) in [6.07, 6.45) is 1.76. The maximum Gasteiger partial charge on any atom is 0.247 e. The molecule has 96 valence electrons. The van der Waals surface area contributed by atoms with E-state index in [0.29, 0.717) is 13.0 Å². The molecule has 1 aromatic rings. The van der Waals surface area contributed by atoms with Crippen LogP contribution in [0.2, 0.25) is 0 Å². The van der Waals surface area contributed by atoms with Gasteiger partial charge in [0.25, 0.3) is 0 Å². The van der Waals surface area contributed by atoms with Crippen LogP contribution in [0.15, 0.2) is 28.0 Å². The fourth-order valence-corrected chi connectivity index (χ4v) is 2.49. The van der Waals surface area contributed by atoms with Gasteiger partial charge in [-0.2, -0.15) is 0 Å². The largest absolute Gasteiger partial charge is 0.385 e. The molecule has 0 aliphatic heterocycles. The van der Waals surface area contributed by atoms with Crippen LogP contribution in [0, 0.1) is 0 Å². The summed E-state index contributed by atoms with van der Waals surface area (Å²) in [5.41, 5.74) is -0.337. The second-order valence-corrected chi connectivity index (χ2v) is 5.41. The van der Waals surface area contributed by atoms with Gasteiger partial charge in [0.2, 0.25) is 15.6 Å². The second-order valence-electron chi connectivity index (χ2n) is 3.69. The number of aromatic amines is 1. The van der Waals surface area contributed by atoms with Crippen LogP contribution in [0.3, 0.4) is 0 Å². The molecule has 0 spiro atoms. The number of methoxy groups -OCH3 is 1. The lowest BCUT2D eigenvalue weighted by molar-refractivity contribution is 0.188. The van der Waals surface area contributed by atoms with Crippen molar-refractivity contribution in [1.82, 2.24) is 9.71 Å². The van der Waals surface area contributed by atoms with Crippen molar-refractivity contribution in [3.63, 3.8) is 0 Å². The van der Waals surface area contributed by atoms with Crippen molar-refractivity contribution >= 4 is 10.0 Å². The average Bonchev–Trinajstić information content (AvgIpc) is 2.26. The standard InChI is InChI=1S/C10H16N2O4S/c1-8(5-6-16-2)12-17(14,15)9-3-4-10(13)11-7-9/h3-4,7-8,12H,5-6H2,1-2H3,(H,11,13). The monoisotopic (exact) mass is 260 g/mol. The van der Waals surface area contributed by atoms with Gasteiger partial charge in [0.1, 0.15) is 0 Å². The molecule has 1 rings (SSSR count). The molecule has 17 heavy (non-hydrogen) atoms. The Kier molecular flexibility index (Phi) is 4.86. The van der Waals surface area contributed by atoms with Gasteiger partial charge in [0.15, 0.2) is 0 Å². The van der Waals surface area contributed by atoms with Crippen LogP contribution in [-0.4, -0.2) is 33.2 Å². The normalized spacial score (nSPS) is 13.5. The van der Waals surface area contributed by atoms with Gasteiger partial charge in [-0.05, 0) is 19.4 Å². The van der Waals surface area contributed by atoms with E-state index in [1.165, 1.54) is 18.3 Å². The zero-order valence-corrected chi connectivity index (χ0v) is 10.6. The molecule has 0 amide bonds. The molecule has 1 aromatic heterocycles. The van der Waals surface area contributed by atoms with E-state index in [9.17, 15) is 13.2 Å². The van der Waals surface area contributed by atoms with E-state index in [4.69, 9.17) is 4.74 Å². The zero-order valence-electron chi connectivity index (χ0n) is 9.76. The van der Waals surface area contributed by atoms with E-state index >= 15 is 0 Å². The summed E-state index contributed by atoms with van der Waals surface area (Å²) >= 11 is 0. The van der Waals surface area contributed by atoms with Gasteiger partial charge < -0.3 is 9.72 Å². The summed E-state index contributed by atoms with van der Waals surface area (Å²) in [6, 6.07) is 2.21. The summed E-state index contributed by atoms with van der Waals surface area (Å²) in [5.74, 6) is 0. The first-order valence-corrected chi connectivity index (χ1v) is 6.64. The molecule has 0 fully saturated rings. The minimum absolute atomic E-state index is 0.0429. The number of nitrogens with one attached hydrogen (secondary N) is 2. The minimum atomic E-state index is -3.58. The highest BCUT2D eigenvalue weighted by Crippen LogP contribution is 2.06. The summed E-state index contributed by atoms with van der Waals surface area (Å²) in [6.45, 7) is 2.23. The molecule has 1 atom stereocenters. The van der Waals surface area contributed by atoms with Gasteiger partial charge >= 0.3 is 0 Å². The first kappa shape index (κ1) is 13.9. The lowest BCUT2D eigenvalue weighted by Crippen LogP contribution is -2.33. The van der Waals surface area contributed by atoms with Crippen LogP contribution in [0.1, 0.15) is 13.3 Å². The highest BCUT2D eigenvalue weighted by Gasteiger charge is 2.16. The molecule has 0 aromatic carbocycles. The quantitative estimate of drug-likeness (QED) is 0.758. The van der Waals surface area contributed by atoms with Crippen molar-refractivity contribution in [3.8, 4) is 0 Å². The van der Waals surface area contributed by atoms with Crippen molar-refractivity contribution in [2.24, 2.45) is 0 Å². The molecule has 0 aliphatic rings. The number of hydrogen-bond donors (Lipinski definition) is 2. The van der Waals surface area contributed by atoms with Crippen LogP contribution in [0.4, 0.5) is 0 Å². The highest BCUT2D eigenvalue weighted by atomic mass is 32.2. The number of sulfonamides is 1. The number of rotatable bonds is 6. The van der Waals surface area contributed by atoms with Crippen LogP contribution in [0.25, 0.3) is 0 Å². The van der Waals surface area contributed by atoms with Gasteiger partial charge in [0, 0.05) is 32.0 Å². The fourth-order valence-electron chi connectivity index (χ4n) is 1.25. The molecule has 2 N–H and O–H groups in total. The van der Waals surface area contributed by atoms with E-state index in [1.54, 1.807) is 14.0 Å². The topological polar surface area (TPSA) is 88.3 Å². The lowest BCUT2D eigenvalue weighted by Gasteiger charge is -2.13. The first-order valence-electron chi connectivity index (χ1n) is 5.15. The molecule has 1 unspecified atom stereocenters. The summed E-state index contributed by atoms with van der Waals surface area (Å²) in [5, 5.41) is 0. The molecule has 1 heterocycles. The van der Waals surface area contributed by atoms with Gasteiger partial charge in [-0.25, -0.2) is 13.1 Å². The SMILES string of the molecule is COCCC(C)NS(=O)(=O)c1ccc(=O)[nH]c1. The van der Waals surface area contributed by atoms with E-state index in [1.807, 2.05) is 0 Å². The maximum atomic E-state index is 11.8. The molecule has 0 bridgehead atoms. The number of ether oxygens (including phenoxy) is 1. The van der Waals surface area contributed by atoms with Crippen molar-refractivity contribution in [1.29, 1.82) is 0 Å². The first-order chi connectivity index (χ1) is 7.95. The molecular formula is C10H16N2O4S. The second kappa shape index (κ2) is 5.95. The Labute approximate surface area is 100 Å². The summed E-state index contributed by atoms with van der Waals surface area (Å²) in [4.78, 5) is 13.2. The van der Waals surface area contributed by atoms with Gasteiger partial charge in [-0.15, -0.1) is 0 Å². The van der Waals surface area contributed by atoms with Crippen LogP contribution in [0.5, 0.6) is 0 Å². The third-order valence-corrected chi connectivity index (χ3v) is 3.76. The Morgan fingerprint density at radius 2 is 2.18 bits per heavy atom. The zero-order chi connectivity index (χ0) is 12.9. The Hall–Kier alpha value is -1.18. The number of H-pyrrole nitrogens is 1. The summed E-state index contributed by atoms with van der Waals surface area (Å²) in [7, 11) is -2.02. The Morgan fingerprint density at radius 1 is 1.47 bits per heavy atom. The van der Waals surface area contributed by atoms with Crippen molar-refractivity contribution in [2.75, 3.05) is 13.7 Å². The molecule has 0 saturated carbocycles. The lowest BCUT2D eigenvalue weighted by atomic mass is 10.3. The minimum Gasteiger partial charge on any atom is -0.385 e. The highest BCUT2D eigenvalue weighted by molar-refractivity contribution is 7.89. The Bertz CT molecular complexity index is 489. The van der Waals surface area contributed by atoms with Crippen molar-refractivity contribution < 1.29 is 13.2 Å². The molecule has 0 saturated heterocycles. The smallest absolute Gasteiger partial charge is 0.247 e. The molecule has 0 radical (unpaired) electrons. The number of pyridine rings is 1. The molecular weight excluding hydrogens is 244 g/mol. The van der Waals surface area contributed by atoms with Crippen LogP contribution < -0.4 is 10.3 Å². The molecule has 0 aliphatic carbocycles. The summed E-state index contributed by atoms with van der Waals surface area (Å²) < 4.78 is 31.0. The van der Waals surface area contributed by atoms with Crippen molar-refractivity contribution in [2.45, 2.75) is 24.3 Å². The van der Waals surface area contributed by atoms with Crippen molar-refractivity contribution in [3.05, 3.63) is 28.7 Å². The fraction of sp³-hybridized carbons (Fsp3) is 0.500. The number of hydrogen-bond acceptors (Lipinski definition) is 4. The Morgan fingerprint density at radius 3 is 2.71 bits per heavy atom. The van der Waals surface area contributed by atoms with E-state index in [-0.39, 0.29) is 16.5 Å². The van der Waals surface area contributed by atoms with Gasteiger partial charge in [0.05, 0.1) is 4.90 Å². The van der Waals surface area contributed by atoms with Crippen LogP contribution in [-0.2, 0) is 14.8 Å². The third-order valence-electron chi connectivity index (χ3n) is 2.18. The number of aromatic nitrogens is 1. The van der Waals surface area contributed by atoms with E-state index in [2.05, 4.69) is 9.71 Å². The molecule has 7 heteroatoms. The molecule has 6 nitrogen and oxygen atoms in total. The van der Waals surface area contributed by atoms with Gasteiger partial charge in [-0.3, -0.25) is 4.79 Å². The van der Waals surface area contributed by atoms with E-state index < -0.39 is 10.0 Å². The van der Waals surface area contributed by atoms with Gasteiger partial charge in [-0.1, -0.05) is 0 Å². The Balaban J connectivity index is 2.75. The van der Waals surface area contributed by atoms with Crippen LogP contribution >= 0.6 is 0 Å².